The van der Waals surface area contributed by atoms with E-state index in [1.54, 1.807) is 0 Å². The molecule has 0 spiro atoms. The molecule has 1 aliphatic heterocycles. The second-order valence-electron chi connectivity index (χ2n) is 8.00. The summed E-state index contributed by atoms with van der Waals surface area (Å²) in [6, 6.07) is 21.0. The van der Waals surface area contributed by atoms with E-state index < -0.39 is 8.32 Å². The van der Waals surface area contributed by atoms with Crippen molar-refractivity contribution in [3.05, 3.63) is 72.8 Å². The molecule has 0 bridgehead atoms. The lowest BCUT2D eigenvalue weighted by molar-refractivity contribution is -0.148. The number of benzene rings is 2. The smallest absolute Gasteiger partial charge is 0.309 e. The van der Waals surface area contributed by atoms with E-state index in [2.05, 4.69) is 69.3 Å². The fourth-order valence-electron chi connectivity index (χ4n) is 3.79. The van der Waals surface area contributed by atoms with E-state index in [0.29, 0.717) is 19.4 Å². The Hall–Kier alpha value is -2.17. The first-order valence-corrected chi connectivity index (χ1v) is 11.4. The summed E-state index contributed by atoms with van der Waals surface area (Å²) in [5.41, 5.74) is 0. The van der Waals surface area contributed by atoms with Crippen molar-refractivity contribution in [3.63, 3.8) is 0 Å². The topological polar surface area (TPSA) is 35.5 Å². The van der Waals surface area contributed by atoms with Crippen molar-refractivity contribution in [2.24, 2.45) is 0 Å². The molecule has 2 aromatic rings. The largest absolute Gasteiger partial charge is 0.459 e. The second-order valence-corrected chi connectivity index (χ2v) is 12.3. The molecule has 2 aromatic carbocycles. The van der Waals surface area contributed by atoms with Crippen molar-refractivity contribution >= 4 is 24.7 Å². The molecule has 0 fully saturated rings. The molecule has 3 rings (SSSR count). The maximum atomic E-state index is 11.8. The number of hydrogen-bond acceptors (Lipinski definition) is 3. The summed E-state index contributed by atoms with van der Waals surface area (Å²) in [7, 11) is -2.59. The Morgan fingerprint density at radius 3 is 2.04 bits per heavy atom. The summed E-state index contributed by atoms with van der Waals surface area (Å²) >= 11 is 0. The fourth-order valence-corrected chi connectivity index (χ4v) is 8.38. The van der Waals surface area contributed by atoms with Crippen molar-refractivity contribution in [1.82, 2.24) is 0 Å². The molecule has 4 heteroatoms. The lowest BCUT2D eigenvalue weighted by atomic mass is 10.2. The van der Waals surface area contributed by atoms with Gasteiger partial charge in [-0.3, -0.25) is 4.79 Å². The van der Waals surface area contributed by atoms with Gasteiger partial charge in [-0.05, 0) is 15.4 Å². The molecule has 0 aliphatic carbocycles. The van der Waals surface area contributed by atoms with E-state index in [4.69, 9.17) is 9.16 Å². The Balaban J connectivity index is 2.01. The SMILES string of the molecule is CC(C)(C)[Si](OC[C@@H]1CC=CCC(=O)O1)(c1ccccc1)c1ccccc1. The normalized spacial score (nSPS) is 18.0. The van der Waals surface area contributed by atoms with Crippen LogP contribution in [0.3, 0.4) is 0 Å². The van der Waals surface area contributed by atoms with Crippen LogP contribution in [0.25, 0.3) is 0 Å². The molecule has 142 valence electrons. The van der Waals surface area contributed by atoms with Gasteiger partial charge in [-0.25, -0.2) is 0 Å². The zero-order valence-electron chi connectivity index (χ0n) is 16.4. The van der Waals surface area contributed by atoms with Crippen LogP contribution in [0, 0.1) is 0 Å². The number of carbonyl (C=O) groups is 1. The Kier molecular flexibility index (Phi) is 5.97. The summed E-state index contributed by atoms with van der Waals surface area (Å²) in [5, 5.41) is 2.39. The zero-order valence-corrected chi connectivity index (χ0v) is 17.4. The molecule has 1 atom stereocenters. The van der Waals surface area contributed by atoms with Crippen LogP contribution in [0.15, 0.2) is 72.8 Å². The van der Waals surface area contributed by atoms with Gasteiger partial charge in [0.25, 0.3) is 8.32 Å². The predicted molar refractivity (Wildman–Crippen MR) is 112 cm³/mol. The van der Waals surface area contributed by atoms with E-state index in [0.717, 1.165) is 0 Å². The molecule has 0 radical (unpaired) electrons. The molecule has 0 N–H and O–H groups in total. The van der Waals surface area contributed by atoms with Gasteiger partial charge < -0.3 is 9.16 Å². The Labute approximate surface area is 163 Å². The van der Waals surface area contributed by atoms with Crippen molar-refractivity contribution < 1.29 is 14.0 Å². The summed E-state index contributed by atoms with van der Waals surface area (Å²) in [4.78, 5) is 11.8. The highest BCUT2D eigenvalue weighted by Crippen LogP contribution is 2.37. The average Bonchev–Trinajstić information content (AvgIpc) is 2.87. The number of esters is 1. The summed E-state index contributed by atoms with van der Waals surface area (Å²) in [5.74, 6) is -0.181. The maximum absolute atomic E-state index is 11.8. The zero-order chi connectivity index (χ0) is 19.3. The van der Waals surface area contributed by atoms with Crippen LogP contribution in [0.1, 0.15) is 33.6 Å². The minimum atomic E-state index is -2.59. The van der Waals surface area contributed by atoms with E-state index in [-0.39, 0.29) is 17.1 Å². The number of cyclic esters (lactones) is 1. The first-order valence-electron chi connectivity index (χ1n) is 9.53. The van der Waals surface area contributed by atoms with Crippen molar-refractivity contribution in [2.45, 2.75) is 44.8 Å². The van der Waals surface area contributed by atoms with Crippen LogP contribution < -0.4 is 10.4 Å². The van der Waals surface area contributed by atoms with Crippen LogP contribution in [-0.4, -0.2) is 27.0 Å². The summed E-state index contributed by atoms with van der Waals surface area (Å²) in [6.07, 6.45) is 4.70. The van der Waals surface area contributed by atoms with Gasteiger partial charge in [-0.2, -0.15) is 0 Å². The average molecular weight is 381 g/mol. The van der Waals surface area contributed by atoms with Gasteiger partial charge in [-0.15, -0.1) is 0 Å². The van der Waals surface area contributed by atoms with Gasteiger partial charge in [0.05, 0.1) is 13.0 Å². The molecule has 1 aliphatic rings. The van der Waals surface area contributed by atoms with Gasteiger partial charge in [0.15, 0.2) is 0 Å². The molecule has 27 heavy (non-hydrogen) atoms. The predicted octanol–water partition coefficient (Wildman–Crippen LogP) is 3.82. The Morgan fingerprint density at radius 2 is 1.52 bits per heavy atom. The number of hydrogen-bond donors (Lipinski definition) is 0. The second kappa shape index (κ2) is 8.24. The molecular formula is C23H28O3Si. The van der Waals surface area contributed by atoms with Crippen molar-refractivity contribution in [3.8, 4) is 0 Å². The standard InChI is InChI=1S/C23H28O3Si/c1-23(2,3)27(20-13-6-4-7-14-20,21-15-8-5-9-16-21)25-18-19-12-10-11-17-22(24)26-19/h4-11,13-16,19H,12,17-18H2,1-3H3/t19-/m0/s1. The minimum absolute atomic E-state index is 0.0831. The van der Waals surface area contributed by atoms with Gasteiger partial charge in [0, 0.05) is 6.42 Å². The summed E-state index contributed by atoms with van der Waals surface area (Å²) < 4.78 is 12.4. The Bertz CT molecular complexity index is 739. The van der Waals surface area contributed by atoms with E-state index >= 15 is 0 Å². The monoisotopic (exact) mass is 380 g/mol. The first kappa shape index (κ1) is 19.6. The number of ether oxygens (including phenoxy) is 1. The third-order valence-electron chi connectivity index (χ3n) is 5.05. The molecular weight excluding hydrogens is 352 g/mol. The number of carbonyl (C=O) groups excluding carboxylic acids is 1. The fraction of sp³-hybridized carbons (Fsp3) is 0.348. The highest BCUT2D eigenvalue weighted by molar-refractivity contribution is 6.99. The van der Waals surface area contributed by atoms with Crippen LogP contribution in [-0.2, 0) is 14.0 Å². The molecule has 1 heterocycles. The van der Waals surface area contributed by atoms with Gasteiger partial charge in [0.2, 0.25) is 0 Å². The Morgan fingerprint density at radius 1 is 0.963 bits per heavy atom. The molecule has 0 unspecified atom stereocenters. The van der Waals surface area contributed by atoms with E-state index in [1.165, 1.54) is 10.4 Å². The molecule has 0 saturated heterocycles. The van der Waals surface area contributed by atoms with Crippen LogP contribution in [0.2, 0.25) is 5.04 Å². The number of rotatable bonds is 5. The van der Waals surface area contributed by atoms with Gasteiger partial charge in [-0.1, -0.05) is 93.6 Å². The highest BCUT2D eigenvalue weighted by atomic mass is 28.4. The highest BCUT2D eigenvalue weighted by Gasteiger charge is 2.50. The van der Waals surface area contributed by atoms with Crippen molar-refractivity contribution in [2.75, 3.05) is 6.61 Å². The molecule has 3 nitrogen and oxygen atoms in total. The lowest BCUT2D eigenvalue weighted by Gasteiger charge is -2.43. The summed E-state index contributed by atoms with van der Waals surface area (Å²) in [6.45, 7) is 7.15. The first-order chi connectivity index (χ1) is 12.9. The van der Waals surface area contributed by atoms with Gasteiger partial charge in [0.1, 0.15) is 6.10 Å². The van der Waals surface area contributed by atoms with Crippen LogP contribution in [0.5, 0.6) is 0 Å². The van der Waals surface area contributed by atoms with Crippen LogP contribution >= 0.6 is 0 Å². The molecule has 0 saturated carbocycles. The molecule has 0 amide bonds. The maximum Gasteiger partial charge on any atom is 0.309 e. The minimum Gasteiger partial charge on any atom is -0.459 e. The van der Waals surface area contributed by atoms with E-state index in [9.17, 15) is 4.79 Å². The van der Waals surface area contributed by atoms with Crippen LogP contribution in [0.4, 0.5) is 0 Å². The third kappa shape index (κ3) is 4.23. The molecule has 0 aromatic heterocycles. The quantitative estimate of drug-likeness (QED) is 0.449. The van der Waals surface area contributed by atoms with Crippen molar-refractivity contribution in [1.29, 1.82) is 0 Å². The lowest BCUT2D eigenvalue weighted by Crippen LogP contribution is -2.67. The van der Waals surface area contributed by atoms with E-state index in [1.807, 2.05) is 24.3 Å². The third-order valence-corrected chi connectivity index (χ3v) is 10.1. The van der Waals surface area contributed by atoms with Gasteiger partial charge >= 0.3 is 5.97 Å².